The van der Waals surface area contributed by atoms with Crippen LogP contribution in [0.4, 0.5) is 4.39 Å². The quantitative estimate of drug-likeness (QED) is 0.666. The molecule has 0 saturated heterocycles. The molecule has 6 heteroatoms. The van der Waals surface area contributed by atoms with Gasteiger partial charge in [-0.05, 0) is 23.8 Å². The lowest BCUT2D eigenvalue weighted by molar-refractivity contribution is 0.0465. The van der Waals surface area contributed by atoms with Crippen LogP contribution >= 0.6 is 0 Å². The first-order valence-electron chi connectivity index (χ1n) is 7.18. The molecule has 5 nitrogen and oxygen atoms in total. The van der Waals surface area contributed by atoms with E-state index in [4.69, 9.17) is 13.9 Å². The van der Waals surface area contributed by atoms with Crippen LogP contribution in [0.25, 0.3) is 11.5 Å². The zero-order chi connectivity index (χ0) is 16.9. The summed E-state index contributed by atoms with van der Waals surface area (Å²) in [6.07, 6.45) is 1.19. The largest absolute Gasteiger partial charge is 0.494 e. The second-order valence-electron chi connectivity index (χ2n) is 4.95. The zero-order valence-corrected chi connectivity index (χ0v) is 12.9. The first kappa shape index (κ1) is 15.7. The number of ether oxygens (including phenoxy) is 2. The predicted molar refractivity (Wildman–Crippen MR) is 84.0 cm³/mol. The van der Waals surface area contributed by atoms with Crippen molar-refractivity contribution in [3.05, 3.63) is 71.9 Å². The van der Waals surface area contributed by atoms with Gasteiger partial charge in [-0.15, -0.1) is 0 Å². The van der Waals surface area contributed by atoms with Crippen LogP contribution in [-0.4, -0.2) is 18.1 Å². The summed E-state index contributed by atoms with van der Waals surface area (Å²) in [5, 5.41) is 0. The van der Waals surface area contributed by atoms with Crippen molar-refractivity contribution in [3.63, 3.8) is 0 Å². The van der Waals surface area contributed by atoms with Gasteiger partial charge in [-0.3, -0.25) is 0 Å². The van der Waals surface area contributed by atoms with Gasteiger partial charge in [0, 0.05) is 5.56 Å². The van der Waals surface area contributed by atoms with Crippen molar-refractivity contribution in [2.24, 2.45) is 0 Å². The molecule has 0 aliphatic rings. The van der Waals surface area contributed by atoms with Gasteiger partial charge in [0.05, 0.1) is 7.11 Å². The number of hydrogen-bond acceptors (Lipinski definition) is 5. The first-order valence-corrected chi connectivity index (χ1v) is 7.18. The molecule has 2 aromatic carbocycles. The summed E-state index contributed by atoms with van der Waals surface area (Å²) in [4.78, 5) is 16.0. The van der Waals surface area contributed by atoms with Gasteiger partial charge in [-0.25, -0.2) is 14.2 Å². The number of hydrogen-bond donors (Lipinski definition) is 0. The fourth-order valence-corrected chi connectivity index (χ4v) is 2.10. The minimum Gasteiger partial charge on any atom is -0.494 e. The van der Waals surface area contributed by atoms with E-state index in [1.165, 1.54) is 25.5 Å². The zero-order valence-electron chi connectivity index (χ0n) is 12.9. The van der Waals surface area contributed by atoms with Crippen molar-refractivity contribution in [1.82, 2.24) is 4.98 Å². The Morgan fingerprint density at radius 3 is 2.71 bits per heavy atom. The Morgan fingerprint density at radius 1 is 1.21 bits per heavy atom. The number of esters is 1. The Morgan fingerprint density at radius 2 is 2.00 bits per heavy atom. The van der Waals surface area contributed by atoms with Gasteiger partial charge in [0.2, 0.25) is 5.89 Å². The van der Waals surface area contributed by atoms with Crippen LogP contribution in [0.3, 0.4) is 0 Å². The smallest absolute Gasteiger partial charge is 0.360 e. The molecule has 24 heavy (non-hydrogen) atoms. The lowest BCUT2D eigenvalue weighted by atomic mass is 10.2. The molecule has 122 valence electrons. The van der Waals surface area contributed by atoms with E-state index in [1.807, 2.05) is 30.3 Å². The summed E-state index contributed by atoms with van der Waals surface area (Å²) in [6, 6.07) is 13.6. The number of benzene rings is 2. The molecule has 0 unspecified atom stereocenters. The molecule has 1 heterocycles. The van der Waals surface area contributed by atoms with E-state index in [0.717, 1.165) is 5.56 Å². The molecule has 0 amide bonds. The van der Waals surface area contributed by atoms with Crippen molar-refractivity contribution in [2.75, 3.05) is 7.11 Å². The number of carbonyl (C=O) groups excluding carboxylic acids is 1. The third kappa shape index (κ3) is 3.43. The van der Waals surface area contributed by atoms with Crippen LogP contribution < -0.4 is 4.74 Å². The van der Waals surface area contributed by atoms with Crippen LogP contribution in [0.15, 0.2) is 59.2 Å². The minimum atomic E-state index is -0.608. The molecule has 0 aliphatic carbocycles. The molecule has 0 saturated carbocycles. The van der Waals surface area contributed by atoms with Crippen molar-refractivity contribution >= 4 is 5.97 Å². The molecule has 0 aliphatic heterocycles. The third-order valence-corrected chi connectivity index (χ3v) is 3.32. The highest BCUT2D eigenvalue weighted by Crippen LogP contribution is 2.25. The number of methoxy groups -OCH3 is 1. The van der Waals surface area contributed by atoms with Crippen LogP contribution in [0, 0.1) is 5.82 Å². The summed E-state index contributed by atoms with van der Waals surface area (Å²) in [5.74, 6) is -0.903. The van der Waals surface area contributed by atoms with E-state index < -0.39 is 11.8 Å². The molecule has 1 aromatic heterocycles. The van der Waals surface area contributed by atoms with E-state index in [1.54, 1.807) is 6.07 Å². The number of halogens is 1. The maximum atomic E-state index is 13.7. The number of oxazole rings is 1. The highest BCUT2D eigenvalue weighted by atomic mass is 19.1. The SMILES string of the molecule is COc1ccc(-c2nc(C(=O)OCc3ccccc3)co2)cc1F. The third-order valence-electron chi connectivity index (χ3n) is 3.32. The van der Waals surface area contributed by atoms with Crippen molar-refractivity contribution in [1.29, 1.82) is 0 Å². The normalized spacial score (nSPS) is 10.4. The Hall–Kier alpha value is -3.15. The summed E-state index contributed by atoms with van der Waals surface area (Å²) < 4.78 is 29.0. The molecule has 3 rings (SSSR count). The summed E-state index contributed by atoms with van der Waals surface area (Å²) in [7, 11) is 1.38. The average molecular weight is 327 g/mol. The fraction of sp³-hybridized carbons (Fsp3) is 0.111. The van der Waals surface area contributed by atoms with E-state index in [-0.39, 0.29) is 23.9 Å². The van der Waals surface area contributed by atoms with E-state index in [9.17, 15) is 9.18 Å². The molecule has 0 N–H and O–H groups in total. The number of aromatic nitrogens is 1. The summed E-state index contributed by atoms with van der Waals surface area (Å²) in [5.41, 5.74) is 1.29. The van der Waals surface area contributed by atoms with Gasteiger partial charge in [-0.2, -0.15) is 0 Å². The van der Waals surface area contributed by atoms with Crippen molar-refractivity contribution < 1.29 is 23.1 Å². The highest BCUT2D eigenvalue weighted by molar-refractivity contribution is 5.87. The molecule has 0 spiro atoms. The molecular weight excluding hydrogens is 313 g/mol. The first-order chi connectivity index (χ1) is 11.7. The van der Waals surface area contributed by atoms with Crippen LogP contribution in [0.5, 0.6) is 5.75 Å². The molecule has 3 aromatic rings. The maximum absolute atomic E-state index is 13.7. The fourth-order valence-electron chi connectivity index (χ4n) is 2.10. The second-order valence-corrected chi connectivity index (χ2v) is 4.95. The van der Waals surface area contributed by atoms with E-state index in [2.05, 4.69) is 4.98 Å². The number of nitrogens with zero attached hydrogens (tertiary/aromatic N) is 1. The number of carbonyl (C=O) groups is 1. The Balaban J connectivity index is 1.70. The van der Waals surface area contributed by atoms with Gasteiger partial charge >= 0.3 is 5.97 Å². The standard InChI is InChI=1S/C18H14FNO4/c1-22-16-8-7-13(9-14(16)19)17-20-15(11-23-17)18(21)24-10-12-5-3-2-4-6-12/h2-9,11H,10H2,1H3. The van der Waals surface area contributed by atoms with Gasteiger partial charge in [0.15, 0.2) is 17.3 Å². The summed E-state index contributed by atoms with van der Waals surface area (Å²) in [6.45, 7) is 0.138. The Kier molecular flexibility index (Phi) is 4.56. The van der Waals surface area contributed by atoms with Crippen LogP contribution in [0.2, 0.25) is 0 Å². The van der Waals surface area contributed by atoms with Crippen molar-refractivity contribution in [2.45, 2.75) is 6.61 Å². The topological polar surface area (TPSA) is 61.6 Å². The van der Waals surface area contributed by atoms with E-state index >= 15 is 0 Å². The molecule has 0 atom stereocenters. The second kappa shape index (κ2) is 6.95. The van der Waals surface area contributed by atoms with Gasteiger partial charge in [-0.1, -0.05) is 30.3 Å². The lowest BCUT2D eigenvalue weighted by Crippen LogP contribution is -2.05. The monoisotopic (exact) mass is 327 g/mol. The Bertz CT molecular complexity index is 845. The maximum Gasteiger partial charge on any atom is 0.360 e. The lowest BCUT2D eigenvalue weighted by Gasteiger charge is -2.02. The van der Waals surface area contributed by atoms with Crippen LogP contribution in [-0.2, 0) is 11.3 Å². The molecule has 0 fully saturated rings. The van der Waals surface area contributed by atoms with Gasteiger partial charge < -0.3 is 13.9 Å². The van der Waals surface area contributed by atoms with Gasteiger partial charge in [0.1, 0.15) is 12.9 Å². The highest BCUT2D eigenvalue weighted by Gasteiger charge is 2.16. The minimum absolute atomic E-state index is 0.0251. The summed E-state index contributed by atoms with van der Waals surface area (Å²) >= 11 is 0. The molecule has 0 bridgehead atoms. The van der Waals surface area contributed by atoms with Crippen LogP contribution in [0.1, 0.15) is 16.1 Å². The number of rotatable bonds is 5. The van der Waals surface area contributed by atoms with Gasteiger partial charge in [0.25, 0.3) is 0 Å². The molecule has 0 radical (unpaired) electrons. The average Bonchev–Trinajstić information content (AvgIpc) is 3.10. The van der Waals surface area contributed by atoms with Crippen molar-refractivity contribution in [3.8, 4) is 17.2 Å². The predicted octanol–water partition coefficient (Wildman–Crippen LogP) is 3.85. The Labute approximate surface area is 137 Å². The molecular formula is C18H14FNO4. The van der Waals surface area contributed by atoms with E-state index in [0.29, 0.717) is 5.56 Å².